The van der Waals surface area contributed by atoms with Crippen molar-refractivity contribution in [3.05, 3.63) is 96.4 Å². The van der Waals surface area contributed by atoms with E-state index in [-0.39, 0.29) is 10.8 Å². The predicted octanol–water partition coefficient (Wildman–Crippen LogP) is 9.12. The van der Waals surface area contributed by atoms with Crippen LogP contribution >= 0.6 is 0 Å². The second-order valence-corrected chi connectivity index (χ2v) is 42.9. The normalized spacial score (nSPS) is 25.1. The Morgan fingerprint density at radius 3 is 1.92 bits per heavy atom. The van der Waals surface area contributed by atoms with Crippen LogP contribution in [0.2, 0.25) is 9.26 Å². The van der Waals surface area contributed by atoms with Crippen LogP contribution in [0.15, 0.2) is 68.5 Å². The maximum atomic E-state index is 2.72. The third-order valence-corrected chi connectivity index (χ3v) is 26.6. The molecule has 0 N–H and O–H groups in total. The summed E-state index contributed by atoms with van der Waals surface area (Å²) in [6, 6.07) is 16.6. The molecule has 2 heteroatoms. The molecule has 3 aliphatic rings. The van der Waals surface area contributed by atoms with E-state index in [4.69, 9.17) is 0 Å². The second kappa shape index (κ2) is 8.13. The summed E-state index contributed by atoms with van der Waals surface area (Å²) in [6.45, 7) is 21.9. The molecule has 0 amide bonds. The van der Waals surface area contributed by atoms with Gasteiger partial charge in [0, 0.05) is 0 Å². The fourth-order valence-electron chi connectivity index (χ4n) is 7.91. The van der Waals surface area contributed by atoms with Crippen LogP contribution < -0.4 is 0 Å². The Balaban J connectivity index is 1.82. The van der Waals surface area contributed by atoms with Gasteiger partial charge in [-0.1, -0.05) is 0 Å². The first kappa shape index (κ1) is 26.4. The number of rotatable bonds is 3. The zero-order valence-corrected chi connectivity index (χ0v) is 28.3. The first-order chi connectivity index (χ1) is 16.6. The van der Waals surface area contributed by atoms with Crippen molar-refractivity contribution < 1.29 is 17.4 Å². The molecule has 2 atom stereocenters. The molecule has 0 saturated carbocycles. The summed E-state index contributed by atoms with van der Waals surface area (Å²) in [7, 11) is 0. The molecule has 0 heterocycles. The summed E-state index contributed by atoms with van der Waals surface area (Å²) < 4.78 is 8.98. The molecule has 3 aliphatic carbocycles. The van der Waals surface area contributed by atoms with Crippen molar-refractivity contribution in [1.29, 1.82) is 0 Å². The Morgan fingerprint density at radius 2 is 1.39 bits per heavy atom. The molecule has 0 spiro atoms. The zero-order chi connectivity index (χ0) is 26.4. The van der Waals surface area contributed by atoms with Gasteiger partial charge in [0.05, 0.1) is 0 Å². The van der Waals surface area contributed by atoms with E-state index in [1.54, 1.807) is 42.3 Å². The van der Waals surface area contributed by atoms with Crippen molar-refractivity contribution >= 4 is 10.2 Å². The van der Waals surface area contributed by atoms with Crippen LogP contribution in [0.1, 0.15) is 102 Å². The van der Waals surface area contributed by atoms with Crippen molar-refractivity contribution in [3.63, 3.8) is 0 Å². The molecule has 0 aliphatic heterocycles. The van der Waals surface area contributed by atoms with Crippen LogP contribution in [0.4, 0.5) is 0 Å². The monoisotopic (exact) mass is 572 g/mol. The van der Waals surface area contributed by atoms with Crippen LogP contribution in [-0.2, 0) is 28.2 Å². The Bertz CT molecular complexity index is 1440. The number of hydrogen-bond donors (Lipinski definition) is 0. The summed E-state index contributed by atoms with van der Waals surface area (Å²) in [4.78, 5) is 0. The van der Waals surface area contributed by atoms with E-state index in [0.29, 0.717) is 11.8 Å². The van der Waals surface area contributed by atoms with Gasteiger partial charge in [0.1, 0.15) is 0 Å². The van der Waals surface area contributed by atoms with Gasteiger partial charge in [0.2, 0.25) is 0 Å². The molecular weight excluding hydrogens is 528 g/mol. The molecule has 0 nitrogen and oxygen atoms in total. The van der Waals surface area contributed by atoms with Crippen LogP contribution in [0.3, 0.4) is 0 Å². The average molecular weight is 574 g/mol. The van der Waals surface area contributed by atoms with E-state index in [0.717, 1.165) is 0 Å². The van der Waals surface area contributed by atoms with E-state index in [1.807, 2.05) is 3.28 Å². The second-order valence-electron chi connectivity index (χ2n) is 14.5. The van der Waals surface area contributed by atoms with Gasteiger partial charge in [-0.05, 0) is 0 Å². The molecular formula is C34H46SiZr. The fourth-order valence-corrected chi connectivity index (χ4v) is 25.6. The third-order valence-electron chi connectivity index (χ3n) is 10.5. The quantitative estimate of drug-likeness (QED) is 0.321. The van der Waals surface area contributed by atoms with Crippen molar-refractivity contribution in [2.45, 2.75) is 94.2 Å². The summed E-state index contributed by atoms with van der Waals surface area (Å²) in [5, 5.41) is 0. The Morgan fingerprint density at radius 1 is 0.833 bits per heavy atom. The molecule has 5 rings (SSSR count). The third kappa shape index (κ3) is 3.76. The van der Waals surface area contributed by atoms with Crippen molar-refractivity contribution in [1.82, 2.24) is 0 Å². The van der Waals surface area contributed by atoms with Crippen molar-refractivity contribution in [3.8, 4) is 0 Å². The zero-order valence-electron chi connectivity index (χ0n) is 24.4. The molecule has 2 aromatic rings. The van der Waals surface area contributed by atoms with Crippen LogP contribution in [0.25, 0.3) is 3.28 Å². The van der Waals surface area contributed by atoms with Gasteiger partial charge in [-0.25, -0.2) is 0 Å². The SMILES string of the molecule is CC1=C(C)C(C)[C]([Zr]([CH3])([CH3])(=[SiH2])[C]2=CC(c3ccccc3)c3cc4c(cc32)C(C)(C)CCC4(C)C)=C1C. The first-order valence-electron chi connectivity index (χ1n) is 14.0. The summed E-state index contributed by atoms with van der Waals surface area (Å²) in [5.74, 6) is 0.920. The number of hydrogen-bond acceptors (Lipinski definition) is 0. The predicted molar refractivity (Wildman–Crippen MR) is 158 cm³/mol. The standard InChI is InChI=1S/C23H25.C9H13.2CH3.H2Si.Zr/c1-22(2)12-13-23(3,4)21-15-19-17(14-20(21)22)10-11-18(19)16-8-6-5-7-9-16;1-6-5-7(2)9(4)8(6)3;;;;/h5-9,11,14-15,18H,12-13H2,1-4H3;6H,1-4H3;2*1H3;1H2;. The van der Waals surface area contributed by atoms with Crippen LogP contribution in [0, 0.1) is 5.92 Å². The summed E-state index contributed by atoms with van der Waals surface area (Å²) >= 11 is -3.53. The van der Waals surface area contributed by atoms with E-state index < -0.39 is 17.4 Å². The van der Waals surface area contributed by atoms with Gasteiger partial charge < -0.3 is 0 Å². The molecule has 2 unspecified atom stereocenters. The molecule has 0 fully saturated rings. The molecule has 0 radical (unpaired) electrons. The van der Waals surface area contributed by atoms with Crippen molar-refractivity contribution in [2.75, 3.05) is 0 Å². The Kier molecular flexibility index (Phi) is 5.95. The molecule has 2 aromatic carbocycles. The van der Waals surface area contributed by atoms with Gasteiger partial charge >= 0.3 is 224 Å². The topological polar surface area (TPSA) is 0 Å². The van der Waals surface area contributed by atoms with Gasteiger partial charge in [0.15, 0.2) is 0 Å². The van der Waals surface area contributed by atoms with E-state index >= 15 is 0 Å². The van der Waals surface area contributed by atoms with E-state index in [1.165, 1.54) is 18.4 Å². The van der Waals surface area contributed by atoms with Crippen LogP contribution in [-0.4, -0.2) is 6.88 Å². The fraction of sp³-hybridized carbons (Fsp3) is 0.471. The first-order valence-corrected chi connectivity index (χ1v) is 27.3. The average Bonchev–Trinajstić information content (AvgIpc) is 3.29. The molecule has 190 valence electrons. The van der Waals surface area contributed by atoms with Gasteiger partial charge in [-0.15, -0.1) is 0 Å². The summed E-state index contributed by atoms with van der Waals surface area (Å²) in [5.41, 5.74) is 12.9. The Labute approximate surface area is 222 Å². The van der Waals surface area contributed by atoms with Crippen molar-refractivity contribution in [2.24, 2.45) is 5.92 Å². The Hall–Kier alpha value is -1.24. The van der Waals surface area contributed by atoms with Gasteiger partial charge in [-0.3, -0.25) is 0 Å². The number of allylic oxidation sites excluding steroid dienone is 5. The molecule has 0 bridgehead atoms. The van der Waals surface area contributed by atoms with Crippen LogP contribution in [0.5, 0.6) is 0 Å². The molecule has 0 aromatic heterocycles. The molecule has 0 saturated heterocycles. The minimum absolute atomic E-state index is 0.225. The van der Waals surface area contributed by atoms with Gasteiger partial charge in [-0.2, -0.15) is 0 Å². The summed E-state index contributed by atoms with van der Waals surface area (Å²) in [6.07, 6.45) is 5.25. The molecule has 36 heavy (non-hydrogen) atoms. The van der Waals surface area contributed by atoms with Gasteiger partial charge in [0.25, 0.3) is 0 Å². The number of benzene rings is 2. The minimum atomic E-state index is -3.53. The maximum absolute atomic E-state index is 3.53. The van der Waals surface area contributed by atoms with E-state index in [2.05, 4.69) is 120 Å². The number of fused-ring (bicyclic) bond motifs is 2. The van der Waals surface area contributed by atoms with E-state index in [9.17, 15) is 0 Å².